The van der Waals surface area contributed by atoms with Crippen LogP contribution >= 0.6 is 0 Å². The molecule has 5 saturated carbocycles. The fourth-order valence-electron chi connectivity index (χ4n) is 12.0. The summed E-state index contributed by atoms with van der Waals surface area (Å²) in [7, 11) is 0. The maximum Gasteiger partial charge on any atom is 0.309 e. The average molecular weight is 527 g/mol. The van der Waals surface area contributed by atoms with Gasteiger partial charge in [0.05, 0.1) is 11.3 Å². The maximum absolute atomic E-state index is 12.9. The van der Waals surface area contributed by atoms with E-state index in [1.54, 1.807) is 0 Å². The van der Waals surface area contributed by atoms with E-state index in [1.807, 2.05) is 13.8 Å². The minimum absolute atomic E-state index is 0.00701. The summed E-state index contributed by atoms with van der Waals surface area (Å²) in [5, 5.41) is 10.6. The van der Waals surface area contributed by atoms with Crippen LogP contribution in [0.4, 0.5) is 0 Å². The number of aliphatic carboxylic acids is 1. The molecule has 0 radical (unpaired) electrons. The molecule has 38 heavy (non-hydrogen) atoms. The van der Waals surface area contributed by atoms with Gasteiger partial charge in [-0.25, -0.2) is 0 Å². The summed E-state index contributed by atoms with van der Waals surface area (Å²) < 4.78 is 6.14. The Morgan fingerprint density at radius 1 is 0.842 bits per heavy atom. The molecule has 4 nitrogen and oxygen atoms in total. The van der Waals surface area contributed by atoms with E-state index in [4.69, 9.17) is 4.74 Å². The molecule has 0 spiro atoms. The van der Waals surface area contributed by atoms with Crippen LogP contribution in [-0.2, 0) is 14.3 Å². The number of carbonyl (C=O) groups is 2. The number of carboxylic acid groups (broad SMARTS) is 1. The molecule has 0 aromatic carbocycles. The van der Waals surface area contributed by atoms with Crippen LogP contribution in [0.15, 0.2) is 12.2 Å². The first-order valence-electron chi connectivity index (χ1n) is 15.7. The molecule has 1 N–H and O–H groups in total. The van der Waals surface area contributed by atoms with Crippen molar-refractivity contribution in [1.29, 1.82) is 0 Å². The normalized spacial score (nSPS) is 49.3. The topological polar surface area (TPSA) is 63.6 Å². The molecule has 0 bridgehead atoms. The van der Waals surface area contributed by atoms with Crippen molar-refractivity contribution in [2.75, 3.05) is 0 Å². The first-order valence-corrected chi connectivity index (χ1v) is 15.7. The Balaban J connectivity index is 1.49. The standard InChI is InChI=1S/C34H54O4/c1-20(2)22-12-17-34(29(36)37)19-18-32(8)23(27(22)34)10-11-25-31(7)15-14-26(38-28(35)21(3)4)30(5,6)24(31)13-16-33(25,32)9/h21-27H,1,10-19H2,2-9H3,(H,36,37)/t22-,23+,24-,25+,26-,27+,31-,32+,33+,34-/m0/s1. The molecule has 0 unspecified atom stereocenters. The summed E-state index contributed by atoms with van der Waals surface area (Å²) >= 11 is 0. The van der Waals surface area contributed by atoms with Crippen LogP contribution in [0.1, 0.15) is 120 Å². The molecule has 0 heterocycles. The van der Waals surface area contributed by atoms with Gasteiger partial charge in [0.25, 0.3) is 0 Å². The molecule has 0 aromatic rings. The fraction of sp³-hybridized carbons (Fsp3) is 0.882. The van der Waals surface area contributed by atoms with Crippen LogP contribution in [0.2, 0.25) is 0 Å². The van der Waals surface area contributed by atoms with E-state index < -0.39 is 11.4 Å². The number of rotatable bonds is 4. The highest BCUT2D eigenvalue weighted by molar-refractivity contribution is 5.76. The van der Waals surface area contributed by atoms with E-state index in [9.17, 15) is 14.7 Å². The van der Waals surface area contributed by atoms with Crippen LogP contribution in [0, 0.1) is 62.6 Å². The number of esters is 1. The number of carboxylic acids is 1. The van der Waals surface area contributed by atoms with E-state index in [-0.39, 0.29) is 45.6 Å². The zero-order valence-electron chi connectivity index (χ0n) is 25.5. The molecule has 214 valence electrons. The Labute approximate surface area is 231 Å². The Bertz CT molecular complexity index is 1010. The Morgan fingerprint density at radius 2 is 1.53 bits per heavy atom. The smallest absolute Gasteiger partial charge is 0.309 e. The third-order valence-corrected chi connectivity index (χ3v) is 14.2. The van der Waals surface area contributed by atoms with Gasteiger partial charge in [-0.05, 0) is 117 Å². The van der Waals surface area contributed by atoms with Gasteiger partial charge in [-0.15, -0.1) is 0 Å². The molecule has 5 fully saturated rings. The quantitative estimate of drug-likeness (QED) is 0.296. The second-order valence-corrected chi connectivity index (χ2v) is 16.1. The van der Waals surface area contributed by atoms with Crippen LogP contribution in [0.25, 0.3) is 0 Å². The predicted octanol–water partition coefficient (Wildman–Crippen LogP) is 8.30. The van der Waals surface area contributed by atoms with Gasteiger partial charge in [0.1, 0.15) is 6.10 Å². The third-order valence-electron chi connectivity index (χ3n) is 14.2. The maximum atomic E-state index is 12.9. The largest absolute Gasteiger partial charge is 0.481 e. The number of fused-ring (bicyclic) bond motifs is 7. The molecule has 4 heteroatoms. The number of hydrogen-bond acceptors (Lipinski definition) is 3. The van der Waals surface area contributed by atoms with Crippen molar-refractivity contribution >= 4 is 11.9 Å². The monoisotopic (exact) mass is 526 g/mol. The fourth-order valence-corrected chi connectivity index (χ4v) is 12.0. The van der Waals surface area contributed by atoms with Crippen molar-refractivity contribution < 1.29 is 19.4 Å². The molecule has 0 saturated heterocycles. The molecular formula is C34H54O4. The lowest BCUT2D eigenvalue weighted by Gasteiger charge is -2.72. The van der Waals surface area contributed by atoms with Crippen molar-refractivity contribution in [1.82, 2.24) is 0 Å². The number of carbonyl (C=O) groups excluding carboxylic acids is 1. The van der Waals surface area contributed by atoms with Gasteiger partial charge in [-0.2, -0.15) is 0 Å². The minimum atomic E-state index is -0.557. The van der Waals surface area contributed by atoms with Crippen molar-refractivity contribution in [3.63, 3.8) is 0 Å². The predicted molar refractivity (Wildman–Crippen MR) is 151 cm³/mol. The highest BCUT2D eigenvalue weighted by atomic mass is 16.5. The van der Waals surface area contributed by atoms with Crippen molar-refractivity contribution in [2.24, 2.45) is 62.6 Å². The molecule has 0 amide bonds. The van der Waals surface area contributed by atoms with E-state index >= 15 is 0 Å². The highest BCUT2D eigenvalue weighted by Crippen LogP contribution is 2.77. The van der Waals surface area contributed by atoms with Gasteiger partial charge in [0.15, 0.2) is 0 Å². The van der Waals surface area contributed by atoms with Crippen LogP contribution in [-0.4, -0.2) is 23.1 Å². The van der Waals surface area contributed by atoms with Crippen LogP contribution < -0.4 is 0 Å². The zero-order valence-corrected chi connectivity index (χ0v) is 25.5. The SMILES string of the molecule is C=C(C)[C@@H]1CC[C@]2(C(=O)O)CC[C@]3(C)[C@H](CC[C@@H]4[C@@]5(C)CC[C@H](OC(=O)C(C)C)C(C)(C)[C@@H]5CC[C@]43C)[C@@H]12. The van der Waals surface area contributed by atoms with Gasteiger partial charge in [-0.3, -0.25) is 9.59 Å². The average Bonchev–Trinajstić information content (AvgIpc) is 3.22. The molecule has 5 aliphatic carbocycles. The Kier molecular flexibility index (Phi) is 6.56. The zero-order chi connectivity index (χ0) is 28.1. The van der Waals surface area contributed by atoms with E-state index in [1.165, 1.54) is 24.8 Å². The summed E-state index contributed by atoms with van der Waals surface area (Å²) in [6, 6.07) is 0. The molecule has 0 aromatic heterocycles. The van der Waals surface area contributed by atoms with E-state index in [0.717, 1.165) is 44.9 Å². The molecule has 0 aliphatic heterocycles. The highest BCUT2D eigenvalue weighted by Gasteiger charge is 2.72. The molecule has 5 rings (SSSR count). The van der Waals surface area contributed by atoms with Gasteiger partial charge >= 0.3 is 11.9 Å². The van der Waals surface area contributed by atoms with Gasteiger partial charge < -0.3 is 9.84 Å². The summed E-state index contributed by atoms with van der Waals surface area (Å²) in [5.41, 5.74) is 1.16. The lowest BCUT2D eigenvalue weighted by atomic mass is 9.32. The lowest BCUT2D eigenvalue weighted by Crippen LogP contribution is -2.67. The van der Waals surface area contributed by atoms with Gasteiger partial charge in [0.2, 0.25) is 0 Å². The van der Waals surface area contributed by atoms with Crippen LogP contribution in [0.3, 0.4) is 0 Å². The first-order chi connectivity index (χ1) is 17.6. The third kappa shape index (κ3) is 3.52. The summed E-state index contributed by atoms with van der Waals surface area (Å²) in [4.78, 5) is 25.4. The van der Waals surface area contributed by atoms with Gasteiger partial charge in [-0.1, -0.05) is 60.6 Å². The summed E-state index contributed by atoms with van der Waals surface area (Å²) in [5.74, 6) is 1.47. The Hall–Kier alpha value is -1.32. The van der Waals surface area contributed by atoms with Crippen molar-refractivity contribution in [3.05, 3.63) is 12.2 Å². The summed E-state index contributed by atoms with van der Waals surface area (Å²) in [6.45, 7) is 22.8. The molecule has 5 aliphatic rings. The lowest BCUT2D eigenvalue weighted by molar-refractivity contribution is -0.250. The number of allylic oxidation sites excluding steroid dienone is 1. The number of ether oxygens (including phenoxy) is 1. The van der Waals surface area contributed by atoms with E-state index in [2.05, 4.69) is 48.1 Å². The molecule has 10 atom stereocenters. The summed E-state index contributed by atoms with van der Waals surface area (Å²) in [6.07, 6.45) is 10.5. The molecular weight excluding hydrogens is 472 g/mol. The van der Waals surface area contributed by atoms with Gasteiger partial charge in [0, 0.05) is 5.41 Å². The second kappa shape index (κ2) is 8.84. The minimum Gasteiger partial charge on any atom is -0.481 e. The van der Waals surface area contributed by atoms with Crippen LogP contribution in [0.5, 0.6) is 0 Å². The second-order valence-electron chi connectivity index (χ2n) is 16.1. The van der Waals surface area contributed by atoms with Crippen molar-refractivity contribution in [2.45, 2.75) is 126 Å². The first kappa shape index (κ1) is 28.2. The van der Waals surface area contributed by atoms with E-state index in [0.29, 0.717) is 23.7 Å². The Morgan fingerprint density at radius 3 is 2.13 bits per heavy atom. The number of hydrogen-bond donors (Lipinski definition) is 1. The van der Waals surface area contributed by atoms with Crippen molar-refractivity contribution in [3.8, 4) is 0 Å².